The molecule has 1 nitrogen and oxygen atoms in total. The maximum atomic E-state index is 5.53. The van der Waals surface area contributed by atoms with Gasteiger partial charge in [0.2, 0.25) is 0 Å². The Morgan fingerprint density at radius 3 is 1.90 bits per heavy atom. The minimum absolute atomic E-state index is 0.887. The van der Waals surface area contributed by atoms with Gasteiger partial charge in [-0.25, -0.2) is 0 Å². The summed E-state index contributed by atoms with van der Waals surface area (Å²) in [4.78, 5) is 0. The number of nitrogens with two attached hydrogens (primary N) is 1. The SMILES string of the molecule is CCC(/C=C(\C)N)=C(C)C. The molecular weight excluding hydrogens is 122 g/mol. The first-order valence-corrected chi connectivity index (χ1v) is 3.68. The van der Waals surface area contributed by atoms with Crippen LogP contribution in [0.4, 0.5) is 0 Å². The summed E-state index contributed by atoms with van der Waals surface area (Å²) in [6.07, 6.45) is 3.10. The van der Waals surface area contributed by atoms with Crippen LogP contribution in [0, 0.1) is 0 Å². The first-order valence-electron chi connectivity index (χ1n) is 3.68. The zero-order valence-electron chi connectivity index (χ0n) is 7.36. The highest BCUT2D eigenvalue weighted by Gasteiger charge is 1.90. The average molecular weight is 139 g/mol. The Hall–Kier alpha value is -0.720. The highest BCUT2D eigenvalue weighted by molar-refractivity contribution is 5.25. The van der Waals surface area contributed by atoms with E-state index in [4.69, 9.17) is 5.73 Å². The van der Waals surface area contributed by atoms with Crippen LogP contribution in [-0.4, -0.2) is 0 Å². The molecule has 0 aromatic rings. The quantitative estimate of drug-likeness (QED) is 0.585. The number of hydrogen-bond acceptors (Lipinski definition) is 1. The van der Waals surface area contributed by atoms with E-state index in [1.165, 1.54) is 11.1 Å². The van der Waals surface area contributed by atoms with Gasteiger partial charge in [0.25, 0.3) is 0 Å². The third-order valence-electron chi connectivity index (χ3n) is 1.43. The molecule has 0 aromatic heterocycles. The lowest BCUT2D eigenvalue weighted by atomic mass is 10.1. The van der Waals surface area contributed by atoms with E-state index in [9.17, 15) is 0 Å². The van der Waals surface area contributed by atoms with Crippen LogP contribution < -0.4 is 5.73 Å². The summed E-state index contributed by atoms with van der Waals surface area (Å²) < 4.78 is 0. The van der Waals surface area contributed by atoms with E-state index in [0.717, 1.165) is 12.1 Å². The Bertz CT molecular complexity index is 156. The highest BCUT2D eigenvalue weighted by Crippen LogP contribution is 2.09. The standard InChI is InChI=1S/C9H17N/c1-5-9(7(2)3)6-8(4)10/h6H,5,10H2,1-4H3/b8-6+. The minimum atomic E-state index is 0.887. The molecule has 0 radical (unpaired) electrons. The fourth-order valence-electron chi connectivity index (χ4n) is 0.875. The molecule has 0 bridgehead atoms. The summed E-state index contributed by atoms with van der Waals surface area (Å²) in [6, 6.07) is 0. The number of hydrogen-bond donors (Lipinski definition) is 1. The predicted molar refractivity (Wildman–Crippen MR) is 46.6 cm³/mol. The molecule has 0 amide bonds. The summed E-state index contributed by atoms with van der Waals surface area (Å²) >= 11 is 0. The molecule has 0 aliphatic heterocycles. The topological polar surface area (TPSA) is 26.0 Å². The van der Waals surface area contributed by atoms with Crippen molar-refractivity contribution in [3.05, 3.63) is 22.9 Å². The van der Waals surface area contributed by atoms with Gasteiger partial charge in [0.15, 0.2) is 0 Å². The summed E-state index contributed by atoms with van der Waals surface area (Å²) in [5, 5.41) is 0. The lowest BCUT2D eigenvalue weighted by molar-refractivity contribution is 1.08. The van der Waals surface area contributed by atoms with Gasteiger partial charge in [0.1, 0.15) is 0 Å². The van der Waals surface area contributed by atoms with Crippen molar-refractivity contribution in [3.8, 4) is 0 Å². The van der Waals surface area contributed by atoms with Crippen molar-refractivity contribution in [2.24, 2.45) is 5.73 Å². The lowest BCUT2D eigenvalue weighted by Gasteiger charge is -2.00. The van der Waals surface area contributed by atoms with Crippen molar-refractivity contribution in [1.29, 1.82) is 0 Å². The minimum Gasteiger partial charge on any atom is -0.402 e. The molecule has 0 spiro atoms. The Morgan fingerprint density at radius 1 is 1.30 bits per heavy atom. The molecule has 0 aromatic carbocycles. The molecule has 0 saturated heterocycles. The van der Waals surface area contributed by atoms with Crippen molar-refractivity contribution < 1.29 is 0 Å². The maximum Gasteiger partial charge on any atom is 0.00516 e. The fourth-order valence-corrected chi connectivity index (χ4v) is 0.875. The number of allylic oxidation sites excluding steroid dienone is 4. The van der Waals surface area contributed by atoms with Crippen LogP contribution in [-0.2, 0) is 0 Å². The second-order valence-corrected chi connectivity index (χ2v) is 2.77. The van der Waals surface area contributed by atoms with Gasteiger partial charge in [0.05, 0.1) is 0 Å². The van der Waals surface area contributed by atoms with Gasteiger partial charge in [-0.1, -0.05) is 12.5 Å². The van der Waals surface area contributed by atoms with Crippen LogP contribution in [0.3, 0.4) is 0 Å². The zero-order chi connectivity index (χ0) is 8.15. The van der Waals surface area contributed by atoms with E-state index < -0.39 is 0 Å². The van der Waals surface area contributed by atoms with Gasteiger partial charge in [0, 0.05) is 5.70 Å². The van der Waals surface area contributed by atoms with E-state index in [0.29, 0.717) is 0 Å². The summed E-state index contributed by atoms with van der Waals surface area (Å²) in [5.74, 6) is 0. The first-order chi connectivity index (χ1) is 4.57. The van der Waals surface area contributed by atoms with E-state index >= 15 is 0 Å². The number of rotatable bonds is 2. The predicted octanol–water partition coefficient (Wildman–Crippen LogP) is 2.60. The molecule has 0 rings (SSSR count). The fraction of sp³-hybridized carbons (Fsp3) is 0.556. The van der Waals surface area contributed by atoms with Gasteiger partial charge in [-0.3, -0.25) is 0 Å². The second kappa shape index (κ2) is 4.15. The maximum absolute atomic E-state index is 5.53. The van der Waals surface area contributed by atoms with Gasteiger partial charge in [-0.2, -0.15) is 0 Å². The molecule has 2 N–H and O–H groups in total. The Labute approximate surface area is 63.6 Å². The largest absolute Gasteiger partial charge is 0.402 e. The molecule has 0 atom stereocenters. The van der Waals surface area contributed by atoms with Gasteiger partial charge in [-0.05, 0) is 38.8 Å². The van der Waals surface area contributed by atoms with Gasteiger partial charge < -0.3 is 5.73 Å². The highest BCUT2D eigenvalue weighted by atomic mass is 14.5. The van der Waals surface area contributed by atoms with Crippen molar-refractivity contribution in [3.63, 3.8) is 0 Å². The average Bonchev–Trinajstić information content (AvgIpc) is 1.81. The summed E-state index contributed by atoms with van der Waals surface area (Å²) in [7, 11) is 0. The summed E-state index contributed by atoms with van der Waals surface area (Å²) in [5.41, 5.74) is 9.12. The molecule has 0 aliphatic carbocycles. The third-order valence-corrected chi connectivity index (χ3v) is 1.43. The lowest BCUT2D eigenvalue weighted by Crippen LogP contribution is -1.92. The molecule has 0 heterocycles. The Morgan fingerprint density at radius 2 is 1.80 bits per heavy atom. The van der Waals surface area contributed by atoms with Crippen molar-refractivity contribution in [2.45, 2.75) is 34.1 Å². The van der Waals surface area contributed by atoms with Crippen molar-refractivity contribution in [1.82, 2.24) is 0 Å². The third kappa shape index (κ3) is 3.33. The second-order valence-electron chi connectivity index (χ2n) is 2.77. The van der Waals surface area contributed by atoms with Crippen LogP contribution in [0.15, 0.2) is 22.9 Å². The van der Waals surface area contributed by atoms with Crippen LogP contribution >= 0.6 is 0 Å². The van der Waals surface area contributed by atoms with Crippen LogP contribution in [0.25, 0.3) is 0 Å². The van der Waals surface area contributed by atoms with E-state index in [2.05, 4.69) is 20.8 Å². The van der Waals surface area contributed by atoms with Crippen molar-refractivity contribution >= 4 is 0 Å². The molecule has 0 fully saturated rings. The summed E-state index contributed by atoms with van der Waals surface area (Å²) in [6.45, 7) is 8.27. The monoisotopic (exact) mass is 139 g/mol. The van der Waals surface area contributed by atoms with Crippen LogP contribution in [0.5, 0.6) is 0 Å². The van der Waals surface area contributed by atoms with Crippen molar-refractivity contribution in [2.75, 3.05) is 0 Å². The molecule has 0 aliphatic rings. The van der Waals surface area contributed by atoms with E-state index in [-0.39, 0.29) is 0 Å². The first kappa shape index (κ1) is 9.28. The van der Waals surface area contributed by atoms with E-state index in [1.54, 1.807) is 0 Å². The van der Waals surface area contributed by atoms with Crippen LogP contribution in [0.1, 0.15) is 34.1 Å². The molecule has 1 heteroatoms. The van der Waals surface area contributed by atoms with Gasteiger partial charge >= 0.3 is 0 Å². The van der Waals surface area contributed by atoms with Crippen LogP contribution in [0.2, 0.25) is 0 Å². The molecule has 58 valence electrons. The smallest absolute Gasteiger partial charge is 0.00516 e. The van der Waals surface area contributed by atoms with Gasteiger partial charge in [-0.15, -0.1) is 0 Å². The normalized spacial score (nSPS) is 11.4. The molecular formula is C9H17N. The molecule has 10 heavy (non-hydrogen) atoms. The molecule has 0 unspecified atom stereocenters. The van der Waals surface area contributed by atoms with E-state index in [1.807, 2.05) is 13.0 Å². The Kier molecular flexibility index (Phi) is 3.85. The zero-order valence-corrected chi connectivity index (χ0v) is 7.36. The molecule has 0 saturated carbocycles. The Balaban J connectivity index is 4.40.